The van der Waals surface area contributed by atoms with Crippen molar-refractivity contribution >= 4 is 16.8 Å². The molecule has 0 saturated heterocycles. The van der Waals surface area contributed by atoms with Crippen LogP contribution in [0.4, 0.5) is 0 Å². The zero-order valence-corrected chi connectivity index (χ0v) is 13.0. The number of aromatic nitrogens is 1. The third-order valence-electron chi connectivity index (χ3n) is 4.10. The van der Waals surface area contributed by atoms with E-state index in [0.717, 1.165) is 22.9 Å². The van der Waals surface area contributed by atoms with Crippen LogP contribution in [0.3, 0.4) is 0 Å². The number of carbonyl (C=O) groups is 1. The zero-order valence-electron chi connectivity index (χ0n) is 13.0. The molecule has 3 aromatic rings. The van der Waals surface area contributed by atoms with Crippen LogP contribution in [-0.4, -0.2) is 22.6 Å². The number of hydrogen-bond donors (Lipinski definition) is 3. The van der Waals surface area contributed by atoms with E-state index >= 15 is 0 Å². The number of carbonyl (C=O) groups excluding carboxylic acids is 1. The van der Waals surface area contributed by atoms with Crippen molar-refractivity contribution in [1.29, 1.82) is 0 Å². The summed E-state index contributed by atoms with van der Waals surface area (Å²) >= 11 is 0. The second kappa shape index (κ2) is 6.67. The van der Waals surface area contributed by atoms with Gasteiger partial charge in [0.25, 0.3) is 5.91 Å². The summed E-state index contributed by atoms with van der Waals surface area (Å²) in [4.78, 5) is 15.5. The summed E-state index contributed by atoms with van der Waals surface area (Å²) in [6, 6.07) is 15.0. The van der Waals surface area contributed by atoms with Crippen LogP contribution in [0.25, 0.3) is 10.9 Å². The SMILES string of the molecule is CCc1ccc(C(CO)NC(=O)c2ccc3cc[nH]c3c2)cc1. The van der Waals surface area contributed by atoms with Gasteiger partial charge in [-0.15, -0.1) is 0 Å². The summed E-state index contributed by atoms with van der Waals surface area (Å²) in [7, 11) is 0. The van der Waals surface area contributed by atoms with Crippen molar-refractivity contribution < 1.29 is 9.90 Å². The van der Waals surface area contributed by atoms with E-state index in [4.69, 9.17) is 0 Å². The van der Waals surface area contributed by atoms with Gasteiger partial charge in [0.15, 0.2) is 0 Å². The third kappa shape index (κ3) is 3.27. The summed E-state index contributed by atoms with van der Waals surface area (Å²) in [6.07, 6.45) is 2.81. The van der Waals surface area contributed by atoms with Gasteiger partial charge in [-0.1, -0.05) is 37.3 Å². The third-order valence-corrected chi connectivity index (χ3v) is 4.10. The number of aryl methyl sites for hydroxylation is 1. The molecule has 23 heavy (non-hydrogen) atoms. The molecule has 0 aliphatic carbocycles. The lowest BCUT2D eigenvalue weighted by Crippen LogP contribution is -2.30. The fourth-order valence-electron chi connectivity index (χ4n) is 2.65. The van der Waals surface area contributed by atoms with Crippen molar-refractivity contribution in [2.75, 3.05) is 6.61 Å². The maximum absolute atomic E-state index is 12.4. The van der Waals surface area contributed by atoms with Crippen molar-refractivity contribution in [3.8, 4) is 0 Å². The molecule has 1 amide bonds. The van der Waals surface area contributed by atoms with Crippen LogP contribution < -0.4 is 5.32 Å². The molecule has 4 nitrogen and oxygen atoms in total. The summed E-state index contributed by atoms with van der Waals surface area (Å²) in [5.41, 5.74) is 3.63. The van der Waals surface area contributed by atoms with Crippen LogP contribution in [0.15, 0.2) is 54.7 Å². The van der Waals surface area contributed by atoms with E-state index < -0.39 is 6.04 Å². The van der Waals surface area contributed by atoms with E-state index in [0.29, 0.717) is 5.56 Å². The minimum absolute atomic E-state index is 0.137. The summed E-state index contributed by atoms with van der Waals surface area (Å²) < 4.78 is 0. The standard InChI is InChI=1S/C19H20N2O2/c1-2-13-3-5-14(6-4-13)18(12-22)21-19(23)16-8-7-15-9-10-20-17(15)11-16/h3-11,18,20,22H,2,12H2,1H3,(H,21,23). The number of rotatable bonds is 5. The Morgan fingerprint density at radius 2 is 1.96 bits per heavy atom. The highest BCUT2D eigenvalue weighted by atomic mass is 16.3. The minimum atomic E-state index is -0.409. The van der Waals surface area contributed by atoms with Crippen LogP contribution in [0.2, 0.25) is 0 Å². The number of amides is 1. The van der Waals surface area contributed by atoms with Gasteiger partial charge in [-0.2, -0.15) is 0 Å². The topological polar surface area (TPSA) is 65.1 Å². The first kappa shape index (κ1) is 15.3. The average Bonchev–Trinajstić information content (AvgIpc) is 3.07. The highest BCUT2D eigenvalue weighted by molar-refractivity contribution is 5.98. The smallest absolute Gasteiger partial charge is 0.251 e. The van der Waals surface area contributed by atoms with Crippen molar-refractivity contribution in [2.24, 2.45) is 0 Å². The molecule has 0 aliphatic heterocycles. The monoisotopic (exact) mass is 308 g/mol. The number of hydrogen-bond acceptors (Lipinski definition) is 2. The number of aliphatic hydroxyl groups excluding tert-OH is 1. The fourth-order valence-corrected chi connectivity index (χ4v) is 2.65. The van der Waals surface area contributed by atoms with E-state index in [1.165, 1.54) is 5.56 Å². The maximum Gasteiger partial charge on any atom is 0.251 e. The first-order valence-corrected chi connectivity index (χ1v) is 7.79. The second-order valence-corrected chi connectivity index (χ2v) is 5.58. The van der Waals surface area contributed by atoms with Gasteiger partial charge < -0.3 is 15.4 Å². The van der Waals surface area contributed by atoms with E-state index in [1.54, 1.807) is 6.07 Å². The molecule has 0 aliphatic rings. The van der Waals surface area contributed by atoms with Crippen LogP contribution >= 0.6 is 0 Å². The molecule has 1 heterocycles. The molecule has 1 atom stereocenters. The Kier molecular flexibility index (Phi) is 4.44. The Balaban J connectivity index is 1.78. The van der Waals surface area contributed by atoms with Gasteiger partial charge in [0, 0.05) is 17.3 Å². The molecule has 0 bridgehead atoms. The van der Waals surface area contributed by atoms with E-state index in [2.05, 4.69) is 17.2 Å². The molecule has 1 aromatic heterocycles. The van der Waals surface area contributed by atoms with Gasteiger partial charge in [-0.05, 0) is 41.1 Å². The number of fused-ring (bicyclic) bond motifs is 1. The number of H-pyrrole nitrogens is 1. The molecule has 4 heteroatoms. The molecule has 0 saturated carbocycles. The summed E-state index contributed by atoms with van der Waals surface area (Å²) in [6.45, 7) is 1.96. The Hall–Kier alpha value is -2.59. The van der Waals surface area contributed by atoms with Crippen molar-refractivity contribution in [3.63, 3.8) is 0 Å². The Morgan fingerprint density at radius 3 is 2.65 bits per heavy atom. The van der Waals surface area contributed by atoms with Crippen molar-refractivity contribution in [2.45, 2.75) is 19.4 Å². The lowest BCUT2D eigenvalue weighted by molar-refractivity contribution is 0.0916. The van der Waals surface area contributed by atoms with Gasteiger partial charge in [0.05, 0.1) is 12.6 Å². The van der Waals surface area contributed by atoms with Crippen molar-refractivity contribution in [1.82, 2.24) is 10.3 Å². The van der Waals surface area contributed by atoms with Crippen LogP contribution in [-0.2, 0) is 6.42 Å². The summed E-state index contributed by atoms with van der Waals surface area (Å²) in [5.74, 6) is -0.194. The molecule has 0 spiro atoms. The molecule has 3 rings (SSSR count). The van der Waals surface area contributed by atoms with Crippen molar-refractivity contribution in [3.05, 3.63) is 71.4 Å². The Labute approximate surface area is 135 Å². The quantitative estimate of drug-likeness (QED) is 0.677. The minimum Gasteiger partial charge on any atom is -0.394 e. The van der Waals surface area contributed by atoms with Gasteiger partial charge in [-0.3, -0.25) is 4.79 Å². The Bertz CT molecular complexity index is 806. The highest BCUT2D eigenvalue weighted by Crippen LogP contribution is 2.17. The molecule has 3 N–H and O–H groups in total. The first-order valence-electron chi connectivity index (χ1n) is 7.79. The van der Waals surface area contributed by atoms with Gasteiger partial charge in [-0.25, -0.2) is 0 Å². The molecule has 1 unspecified atom stereocenters. The van der Waals surface area contributed by atoms with E-state index in [9.17, 15) is 9.90 Å². The maximum atomic E-state index is 12.4. The molecular weight excluding hydrogens is 288 g/mol. The van der Waals surface area contributed by atoms with Gasteiger partial charge in [0.1, 0.15) is 0 Å². The fraction of sp³-hybridized carbons (Fsp3) is 0.211. The average molecular weight is 308 g/mol. The second-order valence-electron chi connectivity index (χ2n) is 5.58. The molecular formula is C19H20N2O2. The van der Waals surface area contributed by atoms with E-state index in [1.807, 2.05) is 48.7 Å². The first-order chi connectivity index (χ1) is 11.2. The number of benzene rings is 2. The highest BCUT2D eigenvalue weighted by Gasteiger charge is 2.15. The van der Waals surface area contributed by atoms with E-state index in [-0.39, 0.29) is 12.5 Å². The van der Waals surface area contributed by atoms with Crippen LogP contribution in [0, 0.1) is 0 Å². The molecule has 118 valence electrons. The normalized spacial score (nSPS) is 12.3. The van der Waals surface area contributed by atoms with Crippen LogP contribution in [0.5, 0.6) is 0 Å². The largest absolute Gasteiger partial charge is 0.394 e. The number of aromatic amines is 1. The van der Waals surface area contributed by atoms with Gasteiger partial charge in [0.2, 0.25) is 0 Å². The van der Waals surface area contributed by atoms with Gasteiger partial charge >= 0.3 is 0 Å². The lowest BCUT2D eigenvalue weighted by atomic mass is 10.0. The summed E-state index contributed by atoms with van der Waals surface area (Å²) in [5, 5.41) is 13.6. The van der Waals surface area contributed by atoms with Crippen LogP contribution in [0.1, 0.15) is 34.5 Å². The number of nitrogens with one attached hydrogen (secondary N) is 2. The Morgan fingerprint density at radius 1 is 1.17 bits per heavy atom. The predicted octanol–water partition coefficient (Wildman–Crippen LogP) is 3.19. The molecule has 0 fully saturated rings. The predicted molar refractivity (Wildman–Crippen MR) is 91.4 cm³/mol. The molecule has 0 radical (unpaired) electrons. The zero-order chi connectivity index (χ0) is 16.2. The number of aliphatic hydroxyl groups is 1. The lowest BCUT2D eigenvalue weighted by Gasteiger charge is -2.17. The molecule has 2 aromatic carbocycles.